The van der Waals surface area contributed by atoms with Crippen molar-refractivity contribution in [2.75, 3.05) is 6.61 Å². The Balaban J connectivity index is 2.04. The van der Waals surface area contributed by atoms with E-state index in [2.05, 4.69) is 23.6 Å². The predicted octanol–water partition coefficient (Wildman–Crippen LogP) is 6.23. The second kappa shape index (κ2) is 8.77. The Kier molecular flexibility index (Phi) is 6.42. The van der Waals surface area contributed by atoms with Crippen molar-refractivity contribution in [3.63, 3.8) is 0 Å². The van der Waals surface area contributed by atoms with Crippen molar-refractivity contribution in [3.8, 4) is 0 Å². The molecule has 140 valence electrons. The molecule has 0 bridgehead atoms. The molecule has 0 saturated heterocycles. The topological polar surface area (TPSA) is 31.2 Å². The van der Waals surface area contributed by atoms with Gasteiger partial charge >= 0.3 is 5.97 Å². The number of allylic oxidation sites excluding steroid dienone is 1. The van der Waals surface area contributed by atoms with Gasteiger partial charge < -0.3 is 9.30 Å². The monoisotopic (exact) mass is 373 g/mol. The molecule has 1 heterocycles. The third-order valence-electron chi connectivity index (χ3n) is 5.32. The van der Waals surface area contributed by atoms with Gasteiger partial charge in [0, 0.05) is 34.2 Å². The fourth-order valence-electron chi connectivity index (χ4n) is 4.02. The van der Waals surface area contributed by atoms with Crippen LogP contribution in [-0.2, 0) is 16.1 Å². The molecular formula is C22H28ClNO2. The Morgan fingerprint density at radius 2 is 2.00 bits per heavy atom. The van der Waals surface area contributed by atoms with Crippen LogP contribution in [0.4, 0.5) is 0 Å². The summed E-state index contributed by atoms with van der Waals surface area (Å²) in [5.41, 5.74) is 3.33. The van der Waals surface area contributed by atoms with E-state index in [4.69, 9.17) is 16.3 Å². The number of fused-ring (bicyclic) bond motifs is 1. The second-order valence-corrected chi connectivity index (χ2v) is 7.56. The highest BCUT2D eigenvalue weighted by Gasteiger charge is 2.19. The maximum atomic E-state index is 12.0. The van der Waals surface area contributed by atoms with E-state index in [0.717, 1.165) is 34.6 Å². The maximum Gasteiger partial charge on any atom is 0.331 e. The lowest BCUT2D eigenvalue weighted by Gasteiger charge is -2.24. The van der Waals surface area contributed by atoms with Crippen LogP contribution in [-0.4, -0.2) is 17.1 Å². The van der Waals surface area contributed by atoms with Gasteiger partial charge in [0.1, 0.15) is 0 Å². The van der Waals surface area contributed by atoms with Gasteiger partial charge in [-0.2, -0.15) is 0 Å². The van der Waals surface area contributed by atoms with Crippen LogP contribution < -0.4 is 0 Å². The minimum absolute atomic E-state index is 0.267. The Morgan fingerprint density at radius 3 is 2.69 bits per heavy atom. The van der Waals surface area contributed by atoms with Crippen molar-refractivity contribution in [1.29, 1.82) is 0 Å². The summed E-state index contributed by atoms with van der Waals surface area (Å²) in [5, 5.41) is 1.87. The van der Waals surface area contributed by atoms with Crippen molar-refractivity contribution in [2.24, 2.45) is 5.92 Å². The van der Waals surface area contributed by atoms with Crippen molar-refractivity contribution < 1.29 is 9.53 Å². The van der Waals surface area contributed by atoms with Crippen LogP contribution in [0.2, 0.25) is 5.02 Å². The molecule has 4 heteroatoms. The second-order valence-electron chi connectivity index (χ2n) is 7.12. The average molecular weight is 374 g/mol. The molecule has 3 rings (SSSR count). The van der Waals surface area contributed by atoms with Crippen LogP contribution in [0.25, 0.3) is 16.5 Å². The number of benzene rings is 1. The lowest BCUT2D eigenvalue weighted by atomic mass is 9.89. The standard InChI is InChI=1S/C22H28ClNO2/c1-3-17(14-22(25)26-4-2)21-13-18-12-19(23)10-11-20(18)24(21)15-16-8-6-5-7-9-16/h10-14,16H,3-9,15H2,1-2H3/b17-14+. The van der Waals surface area contributed by atoms with E-state index in [1.54, 1.807) is 6.08 Å². The first-order valence-electron chi connectivity index (χ1n) is 9.78. The summed E-state index contributed by atoms with van der Waals surface area (Å²) in [6, 6.07) is 8.22. The first kappa shape index (κ1) is 19.0. The smallest absolute Gasteiger partial charge is 0.331 e. The minimum Gasteiger partial charge on any atom is -0.463 e. The third kappa shape index (κ3) is 4.32. The normalized spacial score (nSPS) is 16.2. The summed E-state index contributed by atoms with van der Waals surface area (Å²) >= 11 is 6.21. The summed E-state index contributed by atoms with van der Waals surface area (Å²) < 4.78 is 7.52. The number of esters is 1. The number of hydrogen-bond acceptors (Lipinski definition) is 2. The Bertz CT molecular complexity index is 800. The van der Waals surface area contributed by atoms with Crippen molar-refractivity contribution in [3.05, 3.63) is 41.1 Å². The number of ether oxygens (including phenoxy) is 1. The van der Waals surface area contributed by atoms with E-state index in [1.165, 1.54) is 37.6 Å². The first-order chi connectivity index (χ1) is 12.6. The summed E-state index contributed by atoms with van der Waals surface area (Å²) in [5.74, 6) is 0.436. The highest BCUT2D eigenvalue weighted by molar-refractivity contribution is 6.31. The number of nitrogens with zero attached hydrogens (tertiary/aromatic N) is 1. The van der Waals surface area contributed by atoms with Crippen molar-refractivity contribution in [2.45, 2.75) is 58.9 Å². The molecule has 1 aliphatic carbocycles. The highest BCUT2D eigenvalue weighted by atomic mass is 35.5. The van der Waals surface area contributed by atoms with Gasteiger partial charge in [-0.05, 0) is 61.9 Å². The van der Waals surface area contributed by atoms with E-state index < -0.39 is 0 Å². The first-order valence-corrected chi connectivity index (χ1v) is 10.2. The number of rotatable bonds is 6. The van der Waals surface area contributed by atoms with Gasteiger partial charge in [-0.3, -0.25) is 0 Å². The molecule has 0 aliphatic heterocycles. The predicted molar refractivity (Wildman–Crippen MR) is 108 cm³/mol. The van der Waals surface area contributed by atoms with E-state index in [-0.39, 0.29) is 5.97 Å². The Hall–Kier alpha value is -1.74. The molecule has 1 saturated carbocycles. The lowest BCUT2D eigenvalue weighted by molar-refractivity contribution is -0.137. The quantitative estimate of drug-likeness (QED) is 0.443. The summed E-state index contributed by atoms with van der Waals surface area (Å²) in [4.78, 5) is 12.0. The molecule has 1 aromatic carbocycles. The summed E-state index contributed by atoms with van der Waals surface area (Å²) in [7, 11) is 0. The maximum absolute atomic E-state index is 12.0. The molecule has 0 amide bonds. The zero-order valence-corrected chi connectivity index (χ0v) is 16.5. The molecule has 0 unspecified atom stereocenters. The Morgan fingerprint density at radius 1 is 1.23 bits per heavy atom. The molecule has 0 atom stereocenters. The van der Waals surface area contributed by atoms with Crippen LogP contribution >= 0.6 is 11.6 Å². The van der Waals surface area contributed by atoms with Crippen LogP contribution in [0.5, 0.6) is 0 Å². The van der Waals surface area contributed by atoms with Crippen molar-refractivity contribution >= 4 is 34.0 Å². The van der Waals surface area contributed by atoms with Crippen LogP contribution in [0, 0.1) is 5.92 Å². The molecule has 0 radical (unpaired) electrons. The fourth-order valence-corrected chi connectivity index (χ4v) is 4.20. The molecule has 1 aliphatic rings. The van der Waals surface area contributed by atoms with Crippen molar-refractivity contribution in [1.82, 2.24) is 4.57 Å². The molecular weight excluding hydrogens is 346 g/mol. The van der Waals surface area contributed by atoms with Gasteiger partial charge in [0.25, 0.3) is 0 Å². The number of carbonyl (C=O) groups excluding carboxylic acids is 1. The molecule has 1 fully saturated rings. The van der Waals surface area contributed by atoms with E-state index in [0.29, 0.717) is 12.5 Å². The Labute approximate surface area is 161 Å². The van der Waals surface area contributed by atoms with Crippen LogP contribution in [0.15, 0.2) is 30.3 Å². The highest BCUT2D eigenvalue weighted by Crippen LogP contribution is 2.32. The van der Waals surface area contributed by atoms with Gasteiger partial charge in [0.05, 0.1) is 6.61 Å². The van der Waals surface area contributed by atoms with Gasteiger partial charge in [-0.1, -0.05) is 37.8 Å². The molecule has 26 heavy (non-hydrogen) atoms. The molecule has 0 spiro atoms. The molecule has 1 aromatic heterocycles. The van der Waals surface area contributed by atoms with E-state index in [9.17, 15) is 4.79 Å². The van der Waals surface area contributed by atoms with Gasteiger partial charge in [-0.25, -0.2) is 4.79 Å². The average Bonchev–Trinajstić information content (AvgIpc) is 2.98. The van der Waals surface area contributed by atoms with Crippen LogP contribution in [0.3, 0.4) is 0 Å². The zero-order chi connectivity index (χ0) is 18.5. The number of carbonyl (C=O) groups is 1. The summed E-state index contributed by atoms with van der Waals surface area (Å²) in [6.07, 6.45) is 9.01. The zero-order valence-electron chi connectivity index (χ0n) is 15.8. The van der Waals surface area contributed by atoms with Gasteiger partial charge in [-0.15, -0.1) is 0 Å². The largest absolute Gasteiger partial charge is 0.463 e. The third-order valence-corrected chi connectivity index (χ3v) is 5.55. The van der Waals surface area contributed by atoms with Gasteiger partial charge in [0.2, 0.25) is 0 Å². The number of hydrogen-bond donors (Lipinski definition) is 0. The minimum atomic E-state index is -0.267. The SMILES string of the molecule is CCOC(=O)/C=C(\CC)c1cc2cc(Cl)ccc2n1CC1CCCCC1. The summed E-state index contributed by atoms with van der Waals surface area (Å²) in [6.45, 7) is 5.31. The number of aromatic nitrogens is 1. The number of halogens is 1. The fraction of sp³-hybridized carbons (Fsp3) is 0.500. The van der Waals surface area contributed by atoms with E-state index >= 15 is 0 Å². The molecule has 0 N–H and O–H groups in total. The lowest BCUT2D eigenvalue weighted by Crippen LogP contribution is -2.15. The van der Waals surface area contributed by atoms with Gasteiger partial charge in [0.15, 0.2) is 0 Å². The van der Waals surface area contributed by atoms with E-state index in [1.807, 2.05) is 19.1 Å². The molecule has 2 aromatic rings. The molecule has 3 nitrogen and oxygen atoms in total. The van der Waals surface area contributed by atoms with Crippen LogP contribution in [0.1, 0.15) is 58.1 Å².